The molecule has 1 saturated carbocycles. The second kappa shape index (κ2) is 13.9. The lowest BCUT2D eigenvalue weighted by Crippen LogP contribution is -2.47. The van der Waals surface area contributed by atoms with Gasteiger partial charge in [0.05, 0.1) is 17.0 Å². The summed E-state index contributed by atoms with van der Waals surface area (Å²) >= 11 is 8.23. The number of carbonyl (C=O) groups excluding carboxylic acids is 2. The molecule has 1 heterocycles. The average molecular weight is 697 g/mol. The van der Waals surface area contributed by atoms with Crippen LogP contribution in [0.15, 0.2) is 71.6 Å². The molecule has 0 unspecified atom stereocenters. The standard InChI is InChI=1S/C36H41ClN2O6S2/c1-36(2,3)45-35(41)38(4)26-14-16-27(17-15-26)39(34(40)33-32(37)29-9-7-8-10-31(29)46-33)22-25-21-24(13-20-30(25)44-5)23-11-18-28(19-12-23)47(6,42)43/h7-13,18-21,26-27H,14-17,22H2,1-6H3/t26-,27-. The summed E-state index contributed by atoms with van der Waals surface area (Å²) in [7, 11) is 0.0555. The van der Waals surface area contributed by atoms with E-state index in [1.165, 1.54) is 17.6 Å². The maximum atomic E-state index is 14.5. The lowest BCUT2D eigenvalue weighted by atomic mass is 9.89. The monoisotopic (exact) mass is 696 g/mol. The fraction of sp³-hybridized carbons (Fsp3) is 0.389. The number of methoxy groups -OCH3 is 1. The van der Waals surface area contributed by atoms with Crippen molar-refractivity contribution in [3.8, 4) is 16.9 Å². The van der Waals surface area contributed by atoms with Gasteiger partial charge in [-0.2, -0.15) is 0 Å². The number of hydrogen-bond donors (Lipinski definition) is 0. The molecule has 47 heavy (non-hydrogen) atoms. The van der Waals surface area contributed by atoms with Gasteiger partial charge in [-0.05, 0) is 87.9 Å². The first-order valence-corrected chi connectivity index (χ1v) is 18.7. The number of sulfone groups is 1. The van der Waals surface area contributed by atoms with E-state index in [9.17, 15) is 18.0 Å². The quantitative estimate of drug-likeness (QED) is 0.184. The van der Waals surface area contributed by atoms with E-state index < -0.39 is 15.4 Å². The van der Waals surface area contributed by atoms with Crippen LogP contribution in [0.2, 0.25) is 5.02 Å². The summed E-state index contributed by atoms with van der Waals surface area (Å²) in [5, 5.41) is 1.30. The first-order valence-electron chi connectivity index (χ1n) is 15.6. The highest BCUT2D eigenvalue weighted by atomic mass is 35.5. The zero-order valence-electron chi connectivity index (χ0n) is 27.6. The Morgan fingerprint density at radius 1 is 0.936 bits per heavy atom. The third-order valence-corrected chi connectivity index (χ3v) is 11.4. The first-order chi connectivity index (χ1) is 22.2. The Morgan fingerprint density at radius 3 is 2.15 bits per heavy atom. The molecule has 4 aromatic rings. The fourth-order valence-corrected chi connectivity index (χ4v) is 8.15. The van der Waals surface area contributed by atoms with E-state index in [1.807, 2.05) is 68.1 Å². The molecule has 0 atom stereocenters. The third-order valence-electron chi connectivity index (χ3n) is 8.56. The molecule has 1 aromatic heterocycles. The Bertz CT molecular complexity index is 1870. The Labute approximate surface area is 286 Å². The number of fused-ring (bicyclic) bond motifs is 1. The van der Waals surface area contributed by atoms with E-state index in [-0.39, 0.29) is 35.5 Å². The number of amides is 2. The molecule has 0 spiro atoms. The van der Waals surface area contributed by atoms with Crippen LogP contribution in [-0.2, 0) is 21.1 Å². The maximum Gasteiger partial charge on any atom is 0.410 e. The minimum atomic E-state index is -3.32. The molecule has 1 aliphatic rings. The van der Waals surface area contributed by atoms with Crippen LogP contribution in [0.4, 0.5) is 4.79 Å². The SMILES string of the molecule is COc1ccc(-c2ccc(S(C)(=O)=O)cc2)cc1CN(C(=O)c1sc2ccccc2c1Cl)[C@H]1CC[C@H](N(C)C(=O)OC(C)(C)C)CC1. The van der Waals surface area contributed by atoms with Crippen molar-refractivity contribution >= 4 is 54.9 Å². The Kier molecular flexibility index (Phi) is 10.2. The van der Waals surface area contributed by atoms with Crippen molar-refractivity contribution < 1.29 is 27.5 Å². The molecular formula is C36H41ClN2O6S2. The number of rotatable bonds is 8. The van der Waals surface area contributed by atoms with Gasteiger partial charge in [0.25, 0.3) is 5.91 Å². The van der Waals surface area contributed by atoms with Gasteiger partial charge < -0.3 is 19.3 Å². The zero-order valence-corrected chi connectivity index (χ0v) is 30.0. The van der Waals surface area contributed by atoms with Crippen molar-refractivity contribution in [1.82, 2.24) is 9.80 Å². The van der Waals surface area contributed by atoms with Crippen molar-refractivity contribution in [1.29, 1.82) is 0 Å². The van der Waals surface area contributed by atoms with E-state index in [1.54, 1.807) is 43.3 Å². The molecule has 2 amide bonds. The minimum absolute atomic E-state index is 0.00117. The molecule has 0 aliphatic heterocycles. The number of benzene rings is 3. The van der Waals surface area contributed by atoms with Gasteiger partial charge in [-0.15, -0.1) is 11.3 Å². The van der Waals surface area contributed by atoms with Crippen molar-refractivity contribution in [3.05, 3.63) is 82.2 Å². The molecular weight excluding hydrogens is 656 g/mol. The van der Waals surface area contributed by atoms with Crippen LogP contribution in [0.25, 0.3) is 21.2 Å². The summed E-state index contributed by atoms with van der Waals surface area (Å²) < 4.78 is 36.3. The highest BCUT2D eigenvalue weighted by molar-refractivity contribution is 7.90. The predicted octanol–water partition coefficient (Wildman–Crippen LogP) is 8.45. The van der Waals surface area contributed by atoms with Crippen LogP contribution in [-0.4, -0.2) is 68.3 Å². The third kappa shape index (κ3) is 7.93. The van der Waals surface area contributed by atoms with E-state index in [0.29, 0.717) is 41.3 Å². The fourth-order valence-electron chi connectivity index (χ4n) is 6.05. The highest BCUT2D eigenvalue weighted by Crippen LogP contribution is 2.39. The molecule has 0 radical (unpaired) electrons. The van der Waals surface area contributed by atoms with Gasteiger partial charge in [-0.25, -0.2) is 13.2 Å². The van der Waals surface area contributed by atoms with Crippen molar-refractivity contribution in [2.75, 3.05) is 20.4 Å². The topological polar surface area (TPSA) is 93.2 Å². The number of nitrogens with zero attached hydrogens (tertiary/aromatic N) is 2. The van der Waals surface area contributed by atoms with Crippen LogP contribution < -0.4 is 4.74 Å². The molecule has 250 valence electrons. The van der Waals surface area contributed by atoms with Gasteiger partial charge in [0.2, 0.25) is 0 Å². The lowest BCUT2D eigenvalue weighted by Gasteiger charge is -2.40. The molecule has 0 N–H and O–H groups in total. The number of carbonyl (C=O) groups is 2. The molecule has 0 bridgehead atoms. The lowest BCUT2D eigenvalue weighted by molar-refractivity contribution is 0.0144. The Morgan fingerprint density at radius 2 is 1.55 bits per heavy atom. The van der Waals surface area contributed by atoms with Gasteiger partial charge >= 0.3 is 6.09 Å². The largest absolute Gasteiger partial charge is 0.496 e. The summed E-state index contributed by atoms with van der Waals surface area (Å²) in [5.41, 5.74) is 1.95. The van der Waals surface area contributed by atoms with Gasteiger partial charge in [-0.1, -0.05) is 48.0 Å². The summed E-state index contributed by atoms with van der Waals surface area (Å²) in [5.74, 6) is 0.491. The number of thiophene rings is 1. The van der Waals surface area contributed by atoms with Gasteiger partial charge in [0.1, 0.15) is 16.2 Å². The van der Waals surface area contributed by atoms with Gasteiger partial charge in [0, 0.05) is 47.6 Å². The normalized spacial score (nSPS) is 16.9. The Hall–Kier alpha value is -3.60. The van der Waals surface area contributed by atoms with Crippen molar-refractivity contribution in [2.45, 2.75) is 75.6 Å². The van der Waals surface area contributed by atoms with Gasteiger partial charge in [0.15, 0.2) is 9.84 Å². The molecule has 1 aliphatic carbocycles. The first kappa shape index (κ1) is 34.7. The molecule has 0 saturated heterocycles. The average Bonchev–Trinajstić information content (AvgIpc) is 3.38. The second-order valence-corrected chi connectivity index (χ2v) is 16.5. The number of ether oxygens (including phenoxy) is 2. The predicted molar refractivity (Wildman–Crippen MR) is 188 cm³/mol. The smallest absolute Gasteiger partial charge is 0.410 e. The minimum Gasteiger partial charge on any atom is -0.496 e. The Balaban J connectivity index is 1.46. The molecule has 11 heteroatoms. The van der Waals surface area contributed by atoms with Crippen molar-refractivity contribution in [2.24, 2.45) is 0 Å². The summed E-state index contributed by atoms with van der Waals surface area (Å²) in [6.45, 7) is 5.84. The summed E-state index contributed by atoms with van der Waals surface area (Å²) in [6, 6.07) is 20.2. The summed E-state index contributed by atoms with van der Waals surface area (Å²) in [4.78, 5) is 31.6. The van der Waals surface area contributed by atoms with Crippen LogP contribution in [0.1, 0.15) is 61.7 Å². The molecule has 1 fully saturated rings. The zero-order chi connectivity index (χ0) is 34.1. The second-order valence-electron chi connectivity index (χ2n) is 13.1. The number of hydrogen-bond acceptors (Lipinski definition) is 7. The number of halogens is 1. The van der Waals surface area contributed by atoms with E-state index >= 15 is 0 Å². The van der Waals surface area contributed by atoms with Gasteiger partial charge in [-0.3, -0.25) is 4.79 Å². The highest BCUT2D eigenvalue weighted by Gasteiger charge is 2.35. The van der Waals surface area contributed by atoms with E-state index in [0.717, 1.165) is 26.8 Å². The van der Waals surface area contributed by atoms with Crippen LogP contribution in [0, 0.1) is 0 Å². The van der Waals surface area contributed by atoms with E-state index in [2.05, 4.69) is 0 Å². The molecule has 3 aromatic carbocycles. The van der Waals surface area contributed by atoms with Crippen molar-refractivity contribution in [3.63, 3.8) is 0 Å². The van der Waals surface area contributed by atoms with Crippen LogP contribution in [0.5, 0.6) is 5.75 Å². The molecule has 5 rings (SSSR count). The maximum absolute atomic E-state index is 14.5. The van der Waals surface area contributed by atoms with E-state index in [4.69, 9.17) is 21.1 Å². The van der Waals surface area contributed by atoms with Crippen LogP contribution >= 0.6 is 22.9 Å². The molecule has 8 nitrogen and oxygen atoms in total. The summed E-state index contributed by atoms with van der Waals surface area (Å²) in [6.07, 6.45) is 3.66. The van der Waals surface area contributed by atoms with Crippen LogP contribution in [0.3, 0.4) is 0 Å².